The molecule has 5 rings (SSSR count). The van der Waals surface area contributed by atoms with E-state index in [-0.39, 0.29) is 5.54 Å². The lowest BCUT2D eigenvalue weighted by Crippen LogP contribution is -2.57. The van der Waals surface area contributed by atoms with Gasteiger partial charge in [0.1, 0.15) is 11.5 Å². The molecular formula is C22H23N7. The molecule has 4 aromatic rings. The van der Waals surface area contributed by atoms with Crippen LogP contribution in [0.5, 0.6) is 0 Å². The van der Waals surface area contributed by atoms with Gasteiger partial charge >= 0.3 is 0 Å². The quantitative estimate of drug-likeness (QED) is 0.584. The number of imidazole rings is 1. The van der Waals surface area contributed by atoms with E-state index < -0.39 is 0 Å². The van der Waals surface area contributed by atoms with E-state index in [0.29, 0.717) is 0 Å². The lowest BCUT2D eigenvalue weighted by atomic mass is 10.0. The summed E-state index contributed by atoms with van der Waals surface area (Å²) >= 11 is 0. The summed E-state index contributed by atoms with van der Waals surface area (Å²) in [5, 5.41) is 8.56. The van der Waals surface area contributed by atoms with E-state index in [2.05, 4.69) is 40.1 Å². The first kappa shape index (κ1) is 17.8. The Morgan fingerprint density at radius 1 is 0.897 bits per heavy atom. The molecule has 1 fully saturated rings. The van der Waals surface area contributed by atoms with E-state index in [1.165, 1.54) is 0 Å². The summed E-state index contributed by atoms with van der Waals surface area (Å²) in [5.41, 5.74) is 4.78. The number of fused-ring (bicyclic) bond motifs is 1. The Bertz CT molecular complexity index is 1140. The SMILES string of the molecule is CC1(C)CN(c2ccc3nc(-c4ccncc4)c(-c4ccncc4)n3n2)CCN1. The van der Waals surface area contributed by atoms with Crippen LogP contribution < -0.4 is 10.2 Å². The molecule has 0 spiro atoms. The van der Waals surface area contributed by atoms with E-state index in [1.54, 1.807) is 24.8 Å². The van der Waals surface area contributed by atoms with Gasteiger partial charge < -0.3 is 10.2 Å². The highest BCUT2D eigenvalue weighted by Gasteiger charge is 2.27. The van der Waals surface area contributed by atoms with Crippen molar-refractivity contribution in [3.63, 3.8) is 0 Å². The Hall–Kier alpha value is -3.32. The zero-order valence-electron chi connectivity index (χ0n) is 16.6. The van der Waals surface area contributed by atoms with Crippen molar-refractivity contribution in [2.75, 3.05) is 24.5 Å². The molecule has 0 aliphatic carbocycles. The van der Waals surface area contributed by atoms with Gasteiger partial charge in [-0.25, -0.2) is 9.50 Å². The molecule has 146 valence electrons. The molecule has 0 atom stereocenters. The zero-order chi connectivity index (χ0) is 19.8. The van der Waals surface area contributed by atoms with Crippen molar-refractivity contribution in [2.45, 2.75) is 19.4 Å². The van der Waals surface area contributed by atoms with Gasteiger partial charge in [-0.15, -0.1) is 5.10 Å². The smallest absolute Gasteiger partial charge is 0.155 e. The second kappa shape index (κ2) is 6.93. The maximum absolute atomic E-state index is 5.00. The highest BCUT2D eigenvalue weighted by Crippen LogP contribution is 2.32. The molecule has 4 aromatic heterocycles. The van der Waals surface area contributed by atoms with E-state index in [1.807, 2.05) is 34.8 Å². The molecule has 29 heavy (non-hydrogen) atoms. The van der Waals surface area contributed by atoms with Gasteiger partial charge in [0.05, 0.1) is 5.69 Å². The predicted octanol–water partition coefficient (Wildman–Crippen LogP) is 3.04. The molecule has 1 aliphatic rings. The molecule has 0 radical (unpaired) electrons. The van der Waals surface area contributed by atoms with E-state index in [9.17, 15) is 0 Å². The van der Waals surface area contributed by atoms with Crippen LogP contribution in [-0.2, 0) is 0 Å². The van der Waals surface area contributed by atoms with Crippen molar-refractivity contribution in [3.8, 4) is 22.5 Å². The van der Waals surface area contributed by atoms with Crippen LogP contribution in [0.25, 0.3) is 28.2 Å². The Kier molecular flexibility index (Phi) is 4.24. The molecule has 0 unspecified atom stereocenters. The first-order valence-electron chi connectivity index (χ1n) is 9.81. The van der Waals surface area contributed by atoms with Crippen LogP contribution in [0.15, 0.2) is 61.2 Å². The zero-order valence-corrected chi connectivity index (χ0v) is 16.6. The average molecular weight is 385 g/mol. The number of nitrogens with one attached hydrogen (secondary N) is 1. The van der Waals surface area contributed by atoms with Gasteiger partial charge in [-0.05, 0) is 50.2 Å². The van der Waals surface area contributed by atoms with Crippen LogP contribution in [0, 0.1) is 0 Å². The lowest BCUT2D eigenvalue weighted by molar-refractivity contribution is 0.351. The lowest BCUT2D eigenvalue weighted by Gasteiger charge is -2.39. The monoisotopic (exact) mass is 385 g/mol. The van der Waals surface area contributed by atoms with Crippen molar-refractivity contribution in [1.82, 2.24) is 29.9 Å². The number of pyridine rings is 2. The molecule has 0 aromatic carbocycles. The Morgan fingerprint density at radius 2 is 1.59 bits per heavy atom. The van der Waals surface area contributed by atoms with Gasteiger partial charge in [0.15, 0.2) is 5.65 Å². The molecule has 0 amide bonds. The summed E-state index contributed by atoms with van der Waals surface area (Å²) < 4.78 is 1.95. The van der Waals surface area contributed by atoms with Gasteiger partial charge in [0, 0.05) is 61.1 Å². The fourth-order valence-electron chi connectivity index (χ4n) is 3.91. The number of nitrogens with zero attached hydrogens (tertiary/aromatic N) is 6. The average Bonchev–Trinajstić information content (AvgIpc) is 3.13. The maximum atomic E-state index is 5.00. The topological polar surface area (TPSA) is 71.2 Å². The standard InChI is InChI=1S/C22H23N7/c1-22(2)15-28(14-13-25-22)19-4-3-18-26-20(16-5-9-23-10-6-16)21(29(18)27-19)17-7-11-24-12-8-17/h3-12,25H,13-15H2,1-2H3. The summed E-state index contributed by atoms with van der Waals surface area (Å²) in [6.07, 6.45) is 7.18. The molecule has 7 nitrogen and oxygen atoms in total. The third-order valence-electron chi connectivity index (χ3n) is 5.27. The van der Waals surface area contributed by atoms with Crippen LogP contribution >= 0.6 is 0 Å². The molecule has 7 heteroatoms. The van der Waals surface area contributed by atoms with Crippen LogP contribution in [0.1, 0.15) is 13.8 Å². The van der Waals surface area contributed by atoms with Crippen LogP contribution in [0.2, 0.25) is 0 Å². The number of hydrogen-bond acceptors (Lipinski definition) is 6. The second-order valence-electron chi connectivity index (χ2n) is 7.97. The molecule has 1 N–H and O–H groups in total. The molecule has 0 bridgehead atoms. The minimum absolute atomic E-state index is 0.0555. The highest BCUT2D eigenvalue weighted by atomic mass is 15.4. The fraction of sp³-hybridized carbons (Fsp3) is 0.273. The third-order valence-corrected chi connectivity index (χ3v) is 5.27. The summed E-state index contributed by atoms with van der Waals surface area (Å²) in [6.45, 7) is 7.22. The number of anilines is 1. The van der Waals surface area contributed by atoms with Crippen molar-refractivity contribution >= 4 is 11.5 Å². The van der Waals surface area contributed by atoms with Crippen molar-refractivity contribution in [2.24, 2.45) is 0 Å². The van der Waals surface area contributed by atoms with E-state index in [0.717, 1.165) is 53.6 Å². The largest absolute Gasteiger partial charge is 0.352 e. The number of aromatic nitrogens is 5. The van der Waals surface area contributed by atoms with Crippen LogP contribution in [0.3, 0.4) is 0 Å². The Balaban J connectivity index is 1.69. The van der Waals surface area contributed by atoms with E-state index in [4.69, 9.17) is 10.1 Å². The van der Waals surface area contributed by atoms with Gasteiger partial charge in [-0.3, -0.25) is 9.97 Å². The van der Waals surface area contributed by atoms with Gasteiger partial charge in [-0.1, -0.05) is 0 Å². The minimum atomic E-state index is 0.0555. The van der Waals surface area contributed by atoms with Crippen molar-refractivity contribution < 1.29 is 0 Å². The normalized spacial score (nSPS) is 16.3. The number of rotatable bonds is 3. The van der Waals surface area contributed by atoms with Gasteiger partial charge in [0.2, 0.25) is 0 Å². The fourth-order valence-corrected chi connectivity index (χ4v) is 3.91. The van der Waals surface area contributed by atoms with Crippen molar-refractivity contribution in [1.29, 1.82) is 0 Å². The molecule has 5 heterocycles. The van der Waals surface area contributed by atoms with Crippen molar-refractivity contribution in [3.05, 3.63) is 61.2 Å². The highest BCUT2D eigenvalue weighted by molar-refractivity contribution is 5.81. The maximum Gasteiger partial charge on any atom is 0.155 e. The summed E-state index contributed by atoms with van der Waals surface area (Å²) in [5.74, 6) is 0.959. The first-order valence-corrected chi connectivity index (χ1v) is 9.81. The van der Waals surface area contributed by atoms with Crippen LogP contribution in [-0.4, -0.2) is 49.7 Å². The van der Waals surface area contributed by atoms with E-state index >= 15 is 0 Å². The third kappa shape index (κ3) is 3.34. The number of piperazine rings is 1. The Labute approximate surface area is 169 Å². The van der Waals surface area contributed by atoms with Gasteiger partial charge in [-0.2, -0.15) is 0 Å². The summed E-state index contributed by atoms with van der Waals surface area (Å²) in [4.78, 5) is 15.5. The summed E-state index contributed by atoms with van der Waals surface area (Å²) in [6, 6.07) is 12.1. The first-order chi connectivity index (χ1) is 14.1. The predicted molar refractivity (Wildman–Crippen MR) is 114 cm³/mol. The number of hydrogen-bond donors (Lipinski definition) is 1. The summed E-state index contributed by atoms with van der Waals surface area (Å²) in [7, 11) is 0. The van der Waals surface area contributed by atoms with Gasteiger partial charge in [0.25, 0.3) is 0 Å². The van der Waals surface area contributed by atoms with Crippen LogP contribution in [0.4, 0.5) is 5.82 Å². The second-order valence-corrected chi connectivity index (χ2v) is 7.97. The molecular weight excluding hydrogens is 362 g/mol. The molecule has 0 saturated carbocycles. The molecule has 1 saturated heterocycles. The Morgan fingerprint density at radius 3 is 2.28 bits per heavy atom. The minimum Gasteiger partial charge on any atom is -0.352 e. The molecule has 1 aliphatic heterocycles.